The molecule has 7 heteroatoms. The first-order valence-electron chi connectivity index (χ1n) is 7.65. The molecule has 130 valence electrons. The lowest BCUT2D eigenvalue weighted by atomic mass is 10.1. The Kier molecular flexibility index (Phi) is 6.22. The van der Waals surface area contributed by atoms with Gasteiger partial charge in [0.25, 0.3) is 11.8 Å². The molecule has 1 N–H and O–H groups in total. The predicted molar refractivity (Wildman–Crippen MR) is 94.5 cm³/mol. The SMILES string of the molecule is CC(=NNC(=O)c1cccnc1)c1ccc(OCC(=O)N(C)C)cc1. The number of hydrazone groups is 1. The first-order chi connectivity index (χ1) is 12.0. The quantitative estimate of drug-likeness (QED) is 0.641. The summed E-state index contributed by atoms with van der Waals surface area (Å²) in [6.45, 7) is 1.77. The van der Waals surface area contributed by atoms with Gasteiger partial charge in [0.2, 0.25) is 0 Å². The van der Waals surface area contributed by atoms with E-state index in [9.17, 15) is 9.59 Å². The van der Waals surface area contributed by atoms with Gasteiger partial charge in [0, 0.05) is 26.5 Å². The summed E-state index contributed by atoms with van der Waals surface area (Å²) < 4.78 is 5.41. The fourth-order valence-corrected chi connectivity index (χ4v) is 1.83. The first kappa shape index (κ1) is 18.1. The number of pyridine rings is 1. The number of hydrogen-bond donors (Lipinski definition) is 1. The molecule has 7 nitrogen and oxygen atoms in total. The van der Waals surface area contributed by atoms with Gasteiger partial charge in [0.1, 0.15) is 5.75 Å². The minimum atomic E-state index is -0.324. The zero-order chi connectivity index (χ0) is 18.2. The Morgan fingerprint density at radius 2 is 1.88 bits per heavy atom. The van der Waals surface area contributed by atoms with Gasteiger partial charge >= 0.3 is 0 Å². The molecule has 2 rings (SSSR count). The summed E-state index contributed by atoms with van der Waals surface area (Å²) in [6, 6.07) is 10.5. The molecule has 0 atom stereocenters. The Morgan fingerprint density at radius 3 is 2.48 bits per heavy atom. The van der Waals surface area contributed by atoms with Gasteiger partial charge in [0.15, 0.2) is 6.61 Å². The third-order valence-electron chi connectivity index (χ3n) is 3.38. The van der Waals surface area contributed by atoms with Gasteiger partial charge in [-0.2, -0.15) is 5.10 Å². The zero-order valence-electron chi connectivity index (χ0n) is 14.4. The summed E-state index contributed by atoms with van der Waals surface area (Å²) in [6.07, 6.45) is 3.07. The van der Waals surface area contributed by atoms with Gasteiger partial charge in [0.05, 0.1) is 11.3 Å². The molecule has 0 aliphatic heterocycles. The van der Waals surface area contributed by atoms with Crippen molar-refractivity contribution < 1.29 is 14.3 Å². The number of amides is 2. The lowest BCUT2D eigenvalue weighted by molar-refractivity contribution is -0.130. The third kappa shape index (κ3) is 5.42. The number of carbonyl (C=O) groups excluding carboxylic acids is 2. The van der Waals surface area contributed by atoms with E-state index in [0.29, 0.717) is 17.0 Å². The highest BCUT2D eigenvalue weighted by atomic mass is 16.5. The van der Waals surface area contributed by atoms with E-state index < -0.39 is 0 Å². The average molecular weight is 340 g/mol. The Bertz CT molecular complexity index is 756. The van der Waals surface area contributed by atoms with Crippen LogP contribution in [-0.2, 0) is 4.79 Å². The second-order valence-corrected chi connectivity index (χ2v) is 5.48. The molecule has 0 unspecified atom stereocenters. The van der Waals surface area contributed by atoms with Gasteiger partial charge in [-0.25, -0.2) is 5.43 Å². The monoisotopic (exact) mass is 340 g/mol. The molecule has 0 spiro atoms. The summed E-state index contributed by atoms with van der Waals surface area (Å²) in [7, 11) is 3.35. The van der Waals surface area contributed by atoms with Crippen LogP contribution in [-0.4, -0.2) is 48.1 Å². The number of aromatic nitrogens is 1. The zero-order valence-corrected chi connectivity index (χ0v) is 14.4. The van der Waals surface area contributed by atoms with Crippen LogP contribution in [0.25, 0.3) is 0 Å². The number of benzene rings is 1. The maximum atomic E-state index is 11.9. The third-order valence-corrected chi connectivity index (χ3v) is 3.38. The van der Waals surface area contributed by atoms with E-state index in [1.807, 2.05) is 12.1 Å². The minimum absolute atomic E-state index is 0.0133. The van der Waals surface area contributed by atoms with Gasteiger partial charge in [-0.3, -0.25) is 14.6 Å². The largest absolute Gasteiger partial charge is 0.484 e. The molecule has 0 aliphatic rings. The molecule has 0 saturated carbocycles. The number of nitrogens with one attached hydrogen (secondary N) is 1. The smallest absolute Gasteiger partial charge is 0.272 e. The fourth-order valence-electron chi connectivity index (χ4n) is 1.83. The van der Waals surface area contributed by atoms with Crippen molar-refractivity contribution in [1.29, 1.82) is 0 Å². The summed E-state index contributed by atoms with van der Waals surface area (Å²) >= 11 is 0. The second kappa shape index (κ2) is 8.58. The van der Waals surface area contributed by atoms with Crippen molar-refractivity contribution in [3.05, 3.63) is 59.9 Å². The normalized spacial score (nSPS) is 10.9. The fraction of sp³-hybridized carbons (Fsp3) is 0.222. The van der Waals surface area contributed by atoms with Crippen molar-refractivity contribution in [2.45, 2.75) is 6.92 Å². The number of carbonyl (C=O) groups is 2. The van der Waals surface area contributed by atoms with E-state index in [1.165, 1.54) is 11.1 Å². The molecule has 2 amide bonds. The van der Waals surface area contributed by atoms with Crippen LogP contribution in [0.15, 0.2) is 53.9 Å². The Hall–Kier alpha value is -3.22. The van der Waals surface area contributed by atoms with E-state index >= 15 is 0 Å². The van der Waals surface area contributed by atoms with Crippen LogP contribution in [0.1, 0.15) is 22.8 Å². The van der Waals surface area contributed by atoms with Crippen molar-refractivity contribution >= 4 is 17.5 Å². The highest BCUT2D eigenvalue weighted by molar-refractivity contribution is 6.00. The van der Waals surface area contributed by atoms with Gasteiger partial charge in [-0.05, 0) is 48.9 Å². The van der Waals surface area contributed by atoms with Crippen molar-refractivity contribution in [2.24, 2.45) is 5.10 Å². The molecular formula is C18H20N4O3. The van der Waals surface area contributed by atoms with Crippen LogP contribution in [0.3, 0.4) is 0 Å². The molecule has 0 bridgehead atoms. The number of rotatable bonds is 6. The van der Waals surface area contributed by atoms with Crippen LogP contribution in [0.4, 0.5) is 0 Å². The van der Waals surface area contributed by atoms with E-state index in [1.54, 1.807) is 51.5 Å². The van der Waals surface area contributed by atoms with Crippen molar-refractivity contribution in [3.63, 3.8) is 0 Å². The van der Waals surface area contributed by atoms with Crippen LogP contribution < -0.4 is 10.2 Å². The molecule has 0 aliphatic carbocycles. The van der Waals surface area contributed by atoms with Crippen LogP contribution in [0.5, 0.6) is 5.75 Å². The molecule has 1 aromatic heterocycles. The number of hydrogen-bond acceptors (Lipinski definition) is 5. The molecule has 0 saturated heterocycles. The minimum Gasteiger partial charge on any atom is -0.484 e. The molecular weight excluding hydrogens is 320 g/mol. The van der Waals surface area contributed by atoms with E-state index in [-0.39, 0.29) is 18.4 Å². The maximum absolute atomic E-state index is 11.9. The number of nitrogens with zero attached hydrogens (tertiary/aromatic N) is 3. The highest BCUT2D eigenvalue weighted by Crippen LogP contribution is 2.13. The van der Waals surface area contributed by atoms with Crippen molar-refractivity contribution in [1.82, 2.24) is 15.3 Å². The Balaban J connectivity index is 1.94. The summed E-state index contributed by atoms with van der Waals surface area (Å²) in [5, 5.41) is 4.09. The summed E-state index contributed by atoms with van der Waals surface area (Å²) in [5.74, 6) is 0.153. The van der Waals surface area contributed by atoms with E-state index in [4.69, 9.17) is 4.74 Å². The summed E-state index contributed by atoms with van der Waals surface area (Å²) in [4.78, 5) is 28.8. The number of likely N-dealkylation sites (N-methyl/N-ethyl adjacent to an activating group) is 1. The standard InChI is InChI=1S/C18H20N4O3/c1-13(20-21-18(24)15-5-4-10-19-11-15)14-6-8-16(9-7-14)25-12-17(23)22(2)3/h4-11H,12H2,1-3H3,(H,21,24). The topological polar surface area (TPSA) is 83.9 Å². The lowest BCUT2D eigenvalue weighted by Crippen LogP contribution is -2.27. The molecule has 25 heavy (non-hydrogen) atoms. The van der Waals surface area contributed by atoms with Crippen LogP contribution >= 0.6 is 0 Å². The Morgan fingerprint density at radius 1 is 1.16 bits per heavy atom. The second-order valence-electron chi connectivity index (χ2n) is 5.48. The van der Waals surface area contributed by atoms with Crippen LogP contribution in [0, 0.1) is 0 Å². The van der Waals surface area contributed by atoms with Crippen LogP contribution in [0.2, 0.25) is 0 Å². The lowest BCUT2D eigenvalue weighted by Gasteiger charge is -2.11. The molecule has 0 fully saturated rings. The van der Waals surface area contributed by atoms with Crippen molar-refractivity contribution in [3.8, 4) is 5.75 Å². The van der Waals surface area contributed by atoms with Gasteiger partial charge < -0.3 is 9.64 Å². The van der Waals surface area contributed by atoms with E-state index in [2.05, 4.69) is 15.5 Å². The highest BCUT2D eigenvalue weighted by Gasteiger charge is 2.06. The number of ether oxygens (including phenoxy) is 1. The molecule has 2 aromatic rings. The van der Waals surface area contributed by atoms with Gasteiger partial charge in [-0.15, -0.1) is 0 Å². The summed E-state index contributed by atoms with van der Waals surface area (Å²) in [5.41, 5.74) is 4.41. The maximum Gasteiger partial charge on any atom is 0.272 e. The first-order valence-corrected chi connectivity index (χ1v) is 7.65. The molecule has 1 aromatic carbocycles. The molecule has 1 heterocycles. The van der Waals surface area contributed by atoms with Crippen molar-refractivity contribution in [2.75, 3.05) is 20.7 Å². The van der Waals surface area contributed by atoms with E-state index in [0.717, 1.165) is 5.56 Å². The predicted octanol–water partition coefficient (Wildman–Crippen LogP) is 1.70. The molecule has 0 radical (unpaired) electrons. The average Bonchev–Trinajstić information content (AvgIpc) is 2.64. The Labute approximate surface area is 146 Å². The van der Waals surface area contributed by atoms with Gasteiger partial charge in [-0.1, -0.05) is 0 Å².